The van der Waals surface area contributed by atoms with Crippen LogP contribution < -0.4 is 15.8 Å². The summed E-state index contributed by atoms with van der Waals surface area (Å²) in [6.07, 6.45) is 1.83. The molecule has 2 aromatic carbocycles. The SMILES string of the molecule is CC(C)(C)c1ccc(C[C@]2(Oc3cccc4ccc(N)nc34)CCNC2)cc1. The second-order valence-electron chi connectivity index (χ2n) is 8.90. The Hall–Kier alpha value is -2.59. The molecule has 3 aromatic rings. The first-order valence-electron chi connectivity index (χ1n) is 9.99. The van der Waals surface area contributed by atoms with Crippen LogP contribution in [0.25, 0.3) is 10.9 Å². The lowest BCUT2D eigenvalue weighted by Crippen LogP contribution is -2.40. The third-order valence-corrected chi connectivity index (χ3v) is 5.58. The lowest BCUT2D eigenvalue weighted by Gasteiger charge is -2.30. The first-order valence-corrected chi connectivity index (χ1v) is 9.99. The number of nitrogens with two attached hydrogens (primary N) is 1. The summed E-state index contributed by atoms with van der Waals surface area (Å²) in [5.74, 6) is 1.32. The summed E-state index contributed by atoms with van der Waals surface area (Å²) < 4.78 is 6.65. The molecule has 1 saturated heterocycles. The summed E-state index contributed by atoms with van der Waals surface area (Å²) in [5.41, 5.74) is 9.29. The van der Waals surface area contributed by atoms with Crippen molar-refractivity contribution >= 4 is 16.7 Å². The van der Waals surface area contributed by atoms with Crippen LogP contribution in [0.15, 0.2) is 54.6 Å². The Bertz CT molecular complexity index is 967. The van der Waals surface area contributed by atoms with Crippen LogP contribution in [-0.2, 0) is 11.8 Å². The van der Waals surface area contributed by atoms with Crippen molar-refractivity contribution in [3.63, 3.8) is 0 Å². The number of rotatable bonds is 4. The number of nitrogen functional groups attached to an aromatic ring is 1. The Morgan fingerprint density at radius 1 is 1.07 bits per heavy atom. The summed E-state index contributed by atoms with van der Waals surface area (Å²) in [6, 6.07) is 18.8. The third-order valence-electron chi connectivity index (χ3n) is 5.58. The van der Waals surface area contributed by atoms with Crippen molar-refractivity contribution in [3.05, 3.63) is 65.7 Å². The fraction of sp³-hybridized carbons (Fsp3) is 0.375. The van der Waals surface area contributed by atoms with E-state index in [2.05, 4.69) is 55.3 Å². The van der Waals surface area contributed by atoms with Crippen molar-refractivity contribution in [2.24, 2.45) is 0 Å². The van der Waals surface area contributed by atoms with Crippen molar-refractivity contribution in [3.8, 4) is 5.75 Å². The molecular weight excluding hydrogens is 346 g/mol. The maximum atomic E-state index is 6.65. The number of pyridine rings is 1. The average molecular weight is 376 g/mol. The highest BCUT2D eigenvalue weighted by Crippen LogP contribution is 2.33. The minimum absolute atomic E-state index is 0.163. The Labute approximate surface area is 167 Å². The molecule has 4 heteroatoms. The van der Waals surface area contributed by atoms with E-state index in [1.807, 2.05) is 30.3 Å². The molecule has 0 saturated carbocycles. The minimum atomic E-state index is -0.274. The molecule has 0 spiro atoms. The maximum Gasteiger partial charge on any atom is 0.146 e. The molecule has 4 rings (SSSR count). The molecule has 1 aliphatic heterocycles. The number of fused-ring (bicyclic) bond motifs is 1. The number of nitrogens with one attached hydrogen (secondary N) is 1. The normalized spacial score (nSPS) is 19.8. The molecule has 1 aliphatic rings. The number of hydrogen-bond donors (Lipinski definition) is 2. The standard InChI is InChI=1S/C24H29N3O/c1-23(2,3)19-10-7-17(8-11-19)15-24(13-14-26-16-24)28-20-6-4-5-18-9-12-21(25)27-22(18)20/h4-12,26H,13-16H2,1-3H3,(H2,25,27)/t24-/m1/s1. The van der Waals surface area contributed by atoms with Crippen LogP contribution >= 0.6 is 0 Å². The number of aromatic nitrogens is 1. The summed E-state index contributed by atoms with van der Waals surface area (Å²) in [4.78, 5) is 4.53. The van der Waals surface area contributed by atoms with Crippen molar-refractivity contribution in [1.29, 1.82) is 0 Å². The predicted molar refractivity (Wildman–Crippen MR) is 116 cm³/mol. The molecule has 4 nitrogen and oxygen atoms in total. The quantitative estimate of drug-likeness (QED) is 0.706. The van der Waals surface area contributed by atoms with Gasteiger partial charge in [-0.2, -0.15) is 0 Å². The van der Waals surface area contributed by atoms with Crippen LogP contribution in [0.2, 0.25) is 0 Å². The van der Waals surface area contributed by atoms with Crippen molar-refractivity contribution < 1.29 is 4.74 Å². The van der Waals surface area contributed by atoms with Gasteiger partial charge in [0.25, 0.3) is 0 Å². The van der Waals surface area contributed by atoms with Crippen molar-refractivity contribution in [2.45, 2.75) is 44.6 Å². The summed E-state index contributed by atoms with van der Waals surface area (Å²) in [6.45, 7) is 8.51. The highest BCUT2D eigenvalue weighted by molar-refractivity contribution is 5.85. The molecule has 146 valence electrons. The van der Waals surface area contributed by atoms with E-state index in [1.165, 1.54) is 11.1 Å². The Balaban J connectivity index is 1.63. The van der Waals surface area contributed by atoms with Gasteiger partial charge in [0.2, 0.25) is 0 Å². The smallest absolute Gasteiger partial charge is 0.146 e. The van der Waals surface area contributed by atoms with Gasteiger partial charge >= 0.3 is 0 Å². The number of hydrogen-bond acceptors (Lipinski definition) is 4. The van der Waals surface area contributed by atoms with E-state index in [4.69, 9.17) is 10.5 Å². The van der Waals surface area contributed by atoms with Gasteiger partial charge in [-0.1, -0.05) is 57.2 Å². The van der Waals surface area contributed by atoms with Crippen molar-refractivity contribution in [2.75, 3.05) is 18.8 Å². The molecule has 1 aromatic heterocycles. The molecular formula is C24H29N3O. The van der Waals surface area contributed by atoms with E-state index in [1.54, 1.807) is 0 Å². The lowest BCUT2D eigenvalue weighted by atomic mass is 9.85. The van der Waals surface area contributed by atoms with E-state index in [9.17, 15) is 0 Å². The zero-order valence-corrected chi connectivity index (χ0v) is 17.0. The average Bonchev–Trinajstić information content (AvgIpc) is 3.10. The van der Waals surface area contributed by atoms with Crippen LogP contribution in [0, 0.1) is 0 Å². The molecule has 3 N–H and O–H groups in total. The van der Waals surface area contributed by atoms with Gasteiger partial charge in [-0.05, 0) is 41.3 Å². The van der Waals surface area contributed by atoms with Gasteiger partial charge in [0.05, 0.1) is 0 Å². The molecule has 2 heterocycles. The van der Waals surface area contributed by atoms with Gasteiger partial charge in [-0.3, -0.25) is 0 Å². The molecule has 1 atom stereocenters. The van der Waals surface area contributed by atoms with Gasteiger partial charge in [-0.15, -0.1) is 0 Å². The Kier molecular flexibility index (Phi) is 4.76. The summed E-state index contributed by atoms with van der Waals surface area (Å²) in [7, 11) is 0. The fourth-order valence-electron chi connectivity index (χ4n) is 3.94. The predicted octanol–water partition coefficient (Wildman–Crippen LogP) is 4.47. The zero-order valence-electron chi connectivity index (χ0n) is 17.0. The molecule has 0 bridgehead atoms. The van der Waals surface area contributed by atoms with Crippen LogP contribution in [0.5, 0.6) is 5.75 Å². The van der Waals surface area contributed by atoms with E-state index >= 15 is 0 Å². The maximum absolute atomic E-state index is 6.65. The van der Waals surface area contributed by atoms with E-state index < -0.39 is 0 Å². The Morgan fingerprint density at radius 3 is 2.54 bits per heavy atom. The highest BCUT2D eigenvalue weighted by Gasteiger charge is 2.37. The molecule has 0 aliphatic carbocycles. The monoisotopic (exact) mass is 375 g/mol. The second kappa shape index (κ2) is 7.10. The summed E-state index contributed by atoms with van der Waals surface area (Å²) in [5, 5.41) is 4.52. The molecule has 28 heavy (non-hydrogen) atoms. The number of nitrogens with zero attached hydrogens (tertiary/aromatic N) is 1. The number of anilines is 1. The first kappa shape index (κ1) is 18.8. The third kappa shape index (κ3) is 3.83. The molecule has 0 unspecified atom stereocenters. The van der Waals surface area contributed by atoms with E-state index in [0.29, 0.717) is 5.82 Å². The number of para-hydroxylation sites is 1. The largest absolute Gasteiger partial charge is 0.483 e. The minimum Gasteiger partial charge on any atom is -0.483 e. The number of ether oxygens (including phenoxy) is 1. The van der Waals surface area contributed by atoms with Crippen LogP contribution in [0.1, 0.15) is 38.3 Å². The zero-order chi connectivity index (χ0) is 19.8. The van der Waals surface area contributed by atoms with Gasteiger partial charge in [0.15, 0.2) is 0 Å². The molecule has 0 amide bonds. The van der Waals surface area contributed by atoms with E-state index in [0.717, 1.165) is 42.6 Å². The van der Waals surface area contributed by atoms with Gasteiger partial charge in [0, 0.05) is 24.8 Å². The second-order valence-corrected chi connectivity index (χ2v) is 8.90. The number of benzene rings is 2. The van der Waals surface area contributed by atoms with Crippen LogP contribution in [0.4, 0.5) is 5.82 Å². The topological polar surface area (TPSA) is 60.2 Å². The summed E-state index contributed by atoms with van der Waals surface area (Å²) >= 11 is 0. The van der Waals surface area contributed by atoms with Gasteiger partial charge in [0.1, 0.15) is 22.7 Å². The van der Waals surface area contributed by atoms with E-state index in [-0.39, 0.29) is 11.0 Å². The highest BCUT2D eigenvalue weighted by atomic mass is 16.5. The van der Waals surface area contributed by atoms with Crippen LogP contribution in [0.3, 0.4) is 0 Å². The molecule has 1 fully saturated rings. The lowest BCUT2D eigenvalue weighted by molar-refractivity contribution is 0.0920. The van der Waals surface area contributed by atoms with Crippen LogP contribution in [-0.4, -0.2) is 23.7 Å². The Morgan fingerprint density at radius 2 is 1.86 bits per heavy atom. The van der Waals surface area contributed by atoms with Gasteiger partial charge in [-0.25, -0.2) is 4.98 Å². The van der Waals surface area contributed by atoms with Gasteiger partial charge < -0.3 is 15.8 Å². The van der Waals surface area contributed by atoms with Crippen molar-refractivity contribution in [1.82, 2.24) is 10.3 Å². The molecule has 0 radical (unpaired) electrons. The fourth-order valence-corrected chi connectivity index (χ4v) is 3.94. The first-order chi connectivity index (χ1) is 13.3.